The predicted molar refractivity (Wildman–Crippen MR) is 87.5 cm³/mol. The molecule has 0 unspecified atom stereocenters. The summed E-state index contributed by atoms with van der Waals surface area (Å²) in [7, 11) is -3.83. The van der Waals surface area contributed by atoms with E-state index in [1.165, 1.54) is 16.8 Å². The van der Waals surface area contributed by atoms with E-state index in [0.29, 0.717) is 18.1 Å². The molecule has 0 saturated heterocycles. The molecule has 25 heavy (non-hydrogen) atoms. The van der Waals surface area contributed by atoms with E-state index in [4.69, 9.17) is 15.0 Å². The van der Waals surface area contributed by atoms with Crippen molar-refractivity contribution in [2.45, 2.75) is 11.3 Å². The van der Waals surface area contributed by atoms with Crippen molar-refractivity contribution in [1.82, 2.24) is 19.7 Å². The highest BCUT2D eigenvalue weighted by molar-refractivity contribution is 7.89. The number of benzene rings is 1. The summed E-state index contributed by atoms with van der Waals surface area (Å²) < 4.78 is 29.0. The summed E-state index contributed by atoms with van der Waals surface area (Å²) >= 11 is 0. The number of pyridine rings is 1. The van der Waals surface area contributed by atoms with E-state index in [0.717, 1.165) is 11.8 Å². The fraction of sp³-hybridized carbons (Fsp3) is 0.133. The number of nitrogens with two attached hydrogens (primary N) is 1. The lowest BCUT2D eigenvalue weighted by Crippen LogP contribution is -2.13. The van der Waals surface area contributed by atoms with Gasteiger partial charge in [-0.15, -0.1) is 5.10 Å². The third kappa shape index (κ3) is 3.99. The van der Waals surface area contributed by atoms with Gasteiger partial charge in [0.1, 0.15) is 10.7 Å². The molecule has 0 radical (unpaired) electrons. The van der Waals surface area contributed by atoms with Gasteiger partial charge < -0.3 is 9.84 Å². The maximum Gasteiger partial charge on any atom is 0.338 e. The fourth-order valence-corrected chi connectivity index (χ4v) is 2.64. The Morgan fingerprint density at radius 3 is 2.52 bits per heavy atom. The van der Waals surface area contributed by atoms with Crippen LogP contribution in [0.4, 0.5) is 0 Å². The van der Waals surface area contributed by atoms with Crippen molar-refractivity contribution in [1.29, 1.82) is 0 Å². The Morgan fingerprint density at radius 2 is 1.92 bits per heavy atom. The number of rotatable bonds is 6. The minimum atomic E-state index is -3.83. The SMILES string of the molecule is NS(=O)(=O)c1ccc(-n2nc(OCO)nc2Cc2ccccc2)nc1. The third-order valence-corrected chi connectivity index (χ3v) is 4.22. The van der Waals surface area contributed by atoms with Gasteiger partial charge in [0.15, 0.2) is 12.6 Å². The Hall–Kier alpha value is -2.82. The van der Waals surface area contributed by atoms with Crippen LogP contribution < -0.4 is 9.88 Å². The summed E-state index contributed by atoms with van der Waals surface area (Å²) in [5.74, 6) is 0.865. The lowest BCUT2D eigenvalue weighted by molar-refractivity contribution is 0.0893. The average Bonchev–Trinajstić information content (AvgIpc) is 2.98. The van der Waals surface area contributed by atoms with Crippen molar-refractivity contribution in [2.24, 2.45) is 5.14 Å². The van der Waals surface area contributed by atoms with Gasteiger partial charge in [-0.25, -0.2) is 18.5 Å². The van der Waals surface area contributed by atoms with Gasteiger partial charge in [0.25, 0.3) is 0 Å². The minimum absolute atomic E-state index is 0.00856. The molecule has 3 aromatic rings. The van der Waals surface area contributed by atoms with Gasteiger partial charge in [-0.2, -0.15) is 9.67 Å². The summed E-state index contributed by atoms with van der Waals surface area (Å²) in [6, 6.07) is 12.4. The van der Waals surface area contributed by atoms with E-state index < -0.39 is 16.8 Å². The monoisotopic (exact) mass is 361 g/mol. The van der Waals surface area contributed by atoms with E-state index >= 15 is 0 Å². The van der Waals surface area contributed by atoms with E-state index in [9.17, 15) is 8.42 Å². The van der Waals surface area contributed by atoms with E-state index in [2.05, 4.69) is 15.1 Å². The quantitative estimate of drug-likeness (QED) is 0.600. The highest BCUT2D eigenvalue weighted by Crippen LogP contribution is 2.16. The summed E-state index contributed by atoms with van der Waals surface area (Å²) in [6.07, 6.45) is 1.59. The highest BCUT2D eigenvalue weighted by Gasteiger charge is 2.15. The molecular weight excluding hydrogens is 346 g/mol. The van der Waals surface area contributed by atoms with Crippen LogP contribution in [-0.2, 0) is 16.4 Å². The Morgan fingerprint density at radius 1 is 1.16 bits per heavy atom. The largest absolute Gasteiger partial charge is 0.435 e. The zero-order chi connectivity index (χ0) is 17.9. The normalized spacial score (nSPS) is 11.4. The molecule has 2 heterocycles. The van der Waals surface area contributed by atoms with Gasteiger partial charge >= 0.3 is 6.01 Å². The van der Waals surface area contributed by atoms with Crippen LogP contribution in [0.1, 0.15) is 11.4 Å². The topological polar surface area (TPSA) is 133 Å². The Bertz CT molecular complexity index is 955. The molecule has 0 saturated carbocycles. The molecule has 10 heteroatoms. The molecule has 0 spiro atoms. The van der Waals surface area contributed by atoms with Gasteiger partial charge in [-0.1, -0.05) is 30.3 Å². The number of sulfonamides is 1. The number of nitrogens with zero attached hydrogens (tertiary/aromatic N) is 4. The number of hydrogen-bond donors (Lipinski definition) is 2. The summed E-state index contributed by atoms with van der Waals surface area (Å²) in [5, 5.41) is 18.1. The molecule has 0 aliphatic heterocycles. The average molecular weight is 361 g/mol. The first-order valence-electron chi connectivity index (χ1n) is 7.20. The number of aliphatic hydroxyl groups is 1. The maximum absolute atomic E-state index is 11.3. The van der Waals surface area contributed by atoms with E-state index in [1.807, 2.05) is 30.3 Å². The molecule has 9 nitrogen and oxygen atoms in total. The third-order valence-electron chi connectivity index (χ3n) is 3.32. The van der Waals surface area contributed by atoms with Gasteiger partial charge in [-0.05, 0) is 17.7 Å². The van der Waals surface area contributed by atoms with Crippen molar-refractivity contribution in [2.75, 3.05) is 6.79 Å². The van der Waals surface area contributed by atoms with Gasteiger partial charge in [-0.3, -0.25) is 0 Å². The molecule has 0 aliphatic rings. The Balaban J connectivity index is 1.99. The standard InChI is InChI=1S/C15H15N5O4S/c16-25(22,23)12-6-7-13(17-9-12)20-14(18-15(19-20)24-10-21)8-11-4-2-1-3-5-11/h1-7,9,21H,8,10H2,(H2,16,22,23). The van der Waals surface area contributed by atoms with Crippen LogP contribution in [-0.4, -0.2) is 40.1 Å². The van der Waals surface area contributed by atoms with Crippen molar-refractivity contribution in [3.8, 4) is 11.8 Å². The fourth-order valence-electron chi connectivity index (χ4n) is 2.18. The van der Waals surface area contributed by atoms with Crippen LogP contribution in [0.5, 0.6) is 6.01 Å². The molecule has 130 valence electrons. The number of primary sulfonamides is 1. The first-order valence-corrected chi connectivity index (χ1v) is 8.75. The summed E-state index contributed by atoms with van der Waals surface area (Å²) in [5.41, 5.74) is 0.993. The Labute approximate surface area is 143 Å². The zero-order valence-corrected chi connectivity index (χ0v) is 13.8. The van der Waals surface area contributed by atoms with Crippen molar-refractivity contribution in [3.05, 3.63) is 60.0 Å². The van der Waals surface area contributed by atoms with E-state index in [-0.39, 0.29) is 10.9 Å². The van der Waals surface area contributed by atoms with Crippen LogP contribution in [0.15, 0.2) is 53.6 Å². The van der Waals surface area contributed by atoms with Gasteiger partial charge in [0.05, 0.1) is 0 Å². The highest BCUT2D eigenvalue weighted by atomic mass is 32.2. The first-order chi connectivity index (χ1) is 12.0. The second kappa shape index (κ2) is 6.97. The molecule has 0 amide bonds. The number of hydrogen-bond acceptors (Lipinski definition) is 7. The lowest BCUT2D eigenvalue weighted by atomic mass is 10.1. The number of aromatic nitrogens is 4. The van der Waals surface area contributed by atoms with Crippen LogP contribution in [0.2, 0.25) is 0 Å². The molecule has 3 rings (SSSR count). The van der Waals surface area contributed by atoms with Crippen molar-refractivity contribution in [3.63, 3.8) is 0 Å². The summed E-state index contributed by atoms with van der Waals surface area (Å²) in [4.78, 5) is 8.20. The molecule has 0 atom stereocenters. The summed E-state index contributed by atoms with van der Waals surface area (Å²) in [6.45, 7) is -0.563. The number of ether oxygens (including phenoxy) is 1. The lowest BCUT2D eigenvalue weighted by Gasteiger charge is -2.05. The smallest absolute Gasteiger partial charge is 0.338 e. The molecule has 3 N–H and O–H groups in total. The molecule has 0 fully saturated rings. The van der Waals surface area contributed by atoms with Crippen LogP contribution >= 0.6 is 0 Å². The zero-order valence-electron chi connectivity index (χ0n) is 13.0. The minimum Gasteiger partial charge on any atom is -0.435 e. The Kier molecular flexibility index (Phi) is 4.74. The van der Waals surface area contributed by atoms with Gasteiger partial charge in [0, 0.05) is 12.6 Å². The second-order valence-electron chi connectivity index (χ2n) is 5.06. The molecule has 0 bridgehead atoms. The first kappa shape index (κ1) is 17.0. The molecule has 1 aromatic carbocycles. The van der Waals surface area contributed by atoms with Crippen molar-refractivity contribution < 1.29 is 18.3 Å². The van der Waals surface area contributed by atoms with E-state index in [1.54, 1.807) is 0 Å². The second-order valence-corrected chi connectivity index (χ2v) is 6.62. The molecule has 2 aromatic heterocycles. The maximum atomic E-state index is 11.3. The van der Waals surface area contributed by atoms with Crippen LogP contribution in [0.3, 0.4) is 0 Å². The number of aliphatic hydroxyl groups excluding tert-OH is 1. The van der Waals surface area contributed by atoms with Gasteiger partial charge in [0.2, 0.25) is 10.0 Å². The van der Waals surface area contributed by atoms with Crippen LogP contribution in [0.25, 0.3) is 5.82 Å². The van der Waals surface area contributed by atoms with Crippen molar-refractivity contribution >= 4 is 10.0 Å². The predicted octanol–water partition coefficient (Wildman–Crippen LogP) is 0.229. The molecular formula is C15H15N5O4S. The van der Waals surface area contributed by atoms with Crippen LogP contribution in [0, 0.1) is 0 Å². The molecule has 0 aliphatic carbocycles.